The third-order valence-corrected chi connectivity index (χ3v) is 5.68. The van der Waals surface area contributed by atoms with E-state index in [1.807, 2.05) is 0 Å². The molecule has 0 aromatic carbocycles. The van der Waals surface area contributed by atoms with Crippen LogP contribution in [0.4, 0.5) is 0 Å². The predicted octanol–water partition coefficient (Wildman–Crippen LogP) is 2.27. The number of likely N-dealkylation sites (N-methyl/N-ethyl adjacent to an activating group) is 1. The highest BCUT2D eigenvalue weighted by atomic mass is 16.2. The van der Waals surface area contributed by atoms with E-state index in [1.54, 1.807) is 0 Å². The highest BCUT2D eigenvalue weighted by Gasteiger charge is 2.52. The van der Waals surface area contributed by atoms with Gasteiger partial charge in [-0.05, 0) is 64.0 Å². The van der Waals surface area contributed by atoms with E-state index in [9.17, 15) is 4.79 Å². The Morgan fingerprint density at radius 1 is 1.11 bits per heavy atom. The molecule has 0 aromatic rings. The van der Waals surface area contributed by atoms with Crippen molar-refractivity contribution >= 4 is 5.91 Å². The topological polar surface area (TPSA) is 32.3 Å². The highest BCUT2D eigenvalue weighted by Crippen LogP contribution is 2.57. The molecule has 4 rings (SSSR count). The molecule has 1 N–H and O–H groups in total. The van der Waals surface area contributed by atoms with Gasteiger partial charge >= 0.3 is 0 Å². The molecule has 0 radical (unpaired) electrons. The Labute approximate surface area is 117 Å². The van der Waals surface area contributed by atoms with E-state index in [0.717, 1.165) is 30.8 Å². The molecule has 2 unspecified atom stereocenters. The van der Waals surface area contributed by atoms with Gasteiger partial charge in [-0.15, -0.1) is 0 Å². The van der Waals surface area contributed by atoms with Crippen molar-refractivity contribution in [3.05, 3.63) is 0 Å². The maximum Gasteiger partial charge on any atom is 0.226 e. The number of hydrogen-bond donors (Lipinski definition) is 1. The molecule has 4 bridgehead atoms. The maximum atomic E-state index is 12.7. The minimum absolute atomic E-state index is 0.0132. The van der Waals surface area contributed by atoms with Crippen molar-refractivity contribution in [2.75, 3.05) is 27.2 Å². The molecule has 4 saturated carbocycles. The molecular formula is C16H28N2O. The second-order valence-electron chi connectivity index (χ2n) is 7.60. The van der Waals surface area contributed by atoms with E-state index >= 15 is 0 Å². The molecule has 0 spiro atoms. The van der Waals surface area contributed by atoms with Crippen LogP contribution in [0.1, 0.15) is 44.9 Å². The van der Waals surface area contributed by atoms with Crippen LogP contribution >= 0.6 is 0 Å². The molecule has 0 heterocycles. The van der Waals surface area contributed by atoms with E-state index in [4.69, 9.17) is 0 Å². The number of carbonyl (C=O) groups excluding carboxylic acids is 1. The molecule has 19 heavy (non-hydrogen) atoms. The minimum Gasteiger partial charge on any atom is -0.354 e. The van der Waals surface area contributed by atoms with Crippen molar-refractivity contribution in [3.8, 4) is 0 Å². The van der Waals surface area contributed by atoms with Crippen LogP contribution < -0.4 is 5.32 Å². The van der Waals surface area contributed by atoms with Gasteiger partial charge in [0.05, 0.1) is 0 Å². The molecule has 108 valence electrons. The zero-order valence-corrected chi connectivity index (χ0v) is 12.5. The van der Waals surface area contributed by atoms with Gasteiger partial charge in [-0.1, -0.05) is 12.8 Å². The van der Waals surface area contributed by atoms with Gasteiger partial charge in [0.25, 0.3) is 0 Å². The molecule has 4 aliphatic carbocycles. The summed E-state index contributed by atoms with van der Waals surface area (Å²) in [6.07, 6.45) is 9.10. The van der Waals surface area contributed by atoms with Crippen LogP contribution in [0.25, 0.3) is 0 Å². The summed E-state index contributed by atoms with van der Waals surface area (Å²) >= 11 is 0. The molecule has 0 aromatic heterocycles. The predicted molar refractivity (Wildman–Crippen MR) is 76.8 cm³/mol. The molecule has 2 atom stereocenters. The average Bonchev–Trinajstić information content (AvgIpc) is 2.55. The highest BCUT2D eigenvalue weighted by molar-refractivity contribution is 5.83. The summed E-state index contributed by atoms with van der Waals surface area (Å²) in [5.74, 6) is 2.90. The molecule has 4 aliphatic rings. The van der Waals surface area contributed by atoms with E-state index in [1.165, 1.54) is 44.9 Å². The molecule has 3 nitrogen and oxygen atoms in total. The number of nitrogens with one attached hydrogen (secondary N) is 1. The van der Waals surface area contributed by atoms with E-state index in [-0.39, 0.29) is 5.41 Å². The fourth-order valence-corrected chi connectivity index (χ4v) is 5.05. The van der Waals surface area contributed by atoms with Crippen LogP contribution in [0.15, 0.2) is 0 Å². The maximum absolute atomic E-state index is 12.7. The normalized spacial score (nSPS) is 40.5. The Bertz CT molecular complexity index is 337. The third-order valence-electron chi connectivity index (χ3n) is 5.68. The van der Waals surface area contributed by atoms with Gasteiger partial charge in [0.2, 0.25) is 5.91 Å². The second-order valence-corrected chi connectivity index (χ2v) is 7.60. The minimum atomic E-state index is 0.0132. The first-order valence-electron chi connectivity index (χ1n) is 8.00. The van der Waals surface area contributed by atoms with E-state index < -0.39 is 0 Å². The van der Waals surface area contributed by atoms with Crippen LogP contribution in [0.3, 0.4) is 0 Å². The largest absolute Gasteiger partial charge is 0.354 e. The van der Waals surface area contributed by atoms with Crippen molar-refractivity contribution in [2.45, 2.75) is 44.9 Å². The number of carbonyl (C=O) groups is 1. The fraction of sp³-hybridized carbons (Fsp3) is 0.938. The van der Waals surface area contributed by atoms with Crippen molar-refractivity contribution < 1.29 is 4.79 Å². The summed E-state index contributed by atoms with van der Waals surface area (Å²) in [6.45, 7) is 1.74. The Balaban J connectivity index is 1.67. The molecule has 4 fully saturated rings. The van der Waals surface area contributed by atoms with Gasteiger partial charge in [0.1, 0.15) is 0 Å². The van der Waals surface area contributed by atoms with E-state index in [2.05, 4.69) is 24.3 Å². The van der Waals surface area contributed by atoms with Gasteiger partial charge in [-0.3, -0.25) is 4.79 Å². The number of amides is 1. The first-order valence-corrected chi connectivity index (χ1v) is 8.00. The Hall–Kier alpha value is -0.570. The van der Waals surface area contributed by atoms with Crippen LogP contribution in [0, 0.1) is 23.2 Å². The molecule has 3 heteroatoms. The lowest BCUT2D eigenvalue weighted by Crippen LogP contribution is -2.49. The van der Waals surface area contributed by atoms with Gasteiger partial charge in [-0.2, -0.15) is 0 Å². The number of nitrogens with zero attached hydrogens (tertiary/aromatic N) is 1. The lowest BCUT2D eigenvalue weighted by atomic mass is 9.58. The van der Waals surface area contributed by atoms with Crippen LogP contribution in [0.2, 0.25) is 0 Å². The molecular weight excluding hydrogens is 236 g/mol. The average molecular weight is 264 g/mol. The number of rotatable bonds is 4. The SMILES string of the molecule is CN(C)CCNC(=O)C12CC3CCC(CC(C3)C1)C2. The van der Waals surface area contributed by atoms with Gasteiger partial charge in [0, 0.05) is 18.5 Å². The van der Waals surface area contributed by atoms with Gasteiger partial charge in [-0.25, -0.2) is 0 Å². The molecule has 0 aliphatic heterocycles. The zero-order valence-electron chi connectivity index (χ0n) is 12.5. The monoisotopic (exact) mass is 264 g/mol. The summed E-state index contributed by atoms with van der Waals surface area (Å²) in [7, 11) is 4.11. The van der Waals surface area contributed by atoms with Crippen LogP contribution in [0.5, 0.6) is 0 Å². The first-order chi connectivity index (χ1) is 9.07. The molecule has 0 saturated heterocycles. The second kappa shape index (κ2) is 5.08. The van der Waals surface area contributed by atoms with Crippen molar-refractivity contribution in [2.24, 2.45) is 23.2 Å². The standard InChI is InChI=1S/C16H28N2O/c1-18(2)6-5-17-15(19)16-9-12-3-4-13(10-16)8-14(7-12)11-16/h12-14H,3-11H2,1-2H3,(H,17,19). The summed E-state index contributed by atoms with van der Waals surface area (Å²) in [5, 5.41) is 3.22. The van der Waals surface area contributed by atoms with Gasteiger partial charge in [0.15, 0.2) is 0 Å². The number of fused-ring (bicyclic) bond motifs is 1. The first kappa shape index (κ1) is 13.4. The Morgan fingerprint density at radius 2 is 1.68 bits per heavy atom. The van der Waals surface area contributed by atoms with Crippen LogP contribution in [-0.2, 0) is 4.79 Å². The Morgan fingerprint density at radius 3 is 2.26 bits per heavy atom. The fourth-order valence-electron chi connectivity index (χ4n) is 5.05. The summed E-state index contributed by atoms with van der Waals surface area (Å²) in [5.41, 5.74) is 0.0132. The van der Waals surface area contributed by atoms with Crippen LogP contribution in [-0.4, -0.2) is 38.0 Å². The van der Waals surface area contributed by atoms with Crippen molar-refractivity contribution in [1.82, 2.24) is 10.2 Å². The quantitative estimate of drug-likeness (QED) is 0.845. The summed E-state index contributed by atoms with van der Waals surface area (Å²) in [4.78, 5) is 14.8. The Kier molecular flexibility index (Phi) is 3.59. The lowest BCUT2D eigenvalue weighted by Gasteiger charge is -2.47. The molecule has 1 amide bonds. The van der Waals surface area contributed by atoms with E-state index in [0.29, 0.717) is 5.91 Å². The van der Waals surface area contributed by atoms with Gasteiger partial charge < -0.3 is 10.2 Å². The third kappa shape index (κ3) is 2.67. The number of hydrogen-bond acceptors (Lipinski definition) is 2. The summed E-state index contributed by atoms with van der Waals surface area (Å²) in [6, 6.07) is 0. The smallest absolute Gasteiger partial charge is 0.226 e. The zero-order chi connectivity index (χ0) is 13.5. The van der Waals surface area contributed by atoms with Crippen molar-refractivity contribution in [1.29, 1.82) is 0 Å². The summed E-state index contributed by atoms with van der Waals surface area (Å²) < 4.78 is 0. The lowest BCUT2D eigenvalue weighted by molar-refractivity contribution is -0.138. The van der Waals surface area contributed by atoms with Crippen molar-refractivity contribution in [3.63, 3.8) is 0 Å².